The Labute approximate surface area is 147 Å². The van der Waals surface area contributed by atoms with Crippen LogP contribution in [0.2, 0.25) is 0 Å². The van der Waals surface area contributed by atoms with Crippen molar-refractivity contribution in [3.05, 3.63) is 47.7 Å². The lowest BCUT2D eigenvalue weighted by Gasteiger charge is -2.14. The maximum absolute atomic E-state index is 13.1. The van der Waals surface area contributed by atoms with E-state index in [9.17, 15) is 4.39 Å². The number of nitrogens with one attached hydrogen (secondary N) is 2. The van der Waals surface area contributed by atoms with Crippen molar-refractivity contribution in [2.75, 3.05) is 18.4 Å². The fraction of sp³-hybridized carbons (Fsp3) is 0.176. The molecule has 1 aliphatic rings. The summed E-state index contributed by atoms with van der Waals surface area (Å²) >= 11 is 1.49. The lowest BCUT2D eigenvalue weighted by atomic mass is 10.2. The highest BCUT2D eigenvalue weighted by Crippen LogP contribution is 2.25. The van der Waals surface area contributed by atoms with Gasteiger partial charge < -0.3 is 10.6 Å². The summed E-state index contributed by atoms with van der Waals surface area (Å²) in [5, 5.41) is 9.07. The van der Waals surface area contributed by atoms with Crippen molar-refractivity contribution in [1.29, 1.82) is 0 Å². The predicted octanol–water partition coefficient (Wildman–Crippen LogP) is 3.17. The second-order valence-corrected chi connectivity index (χ2v) is 6.30. The SMILES string of the molecule is Fc1ccc(-c2nccc(-c3csc(NC4=NCCCN4)n3)n2)cc1. The van der Waals surface area contributed by atoms with Gasteiger partial charge >= 0.3 is 0 Å². The highest BCUT2D eigenvalue weighted by molar-refractivity contribution is 7.14. The Morgan fingerprint density at radius 1 is 1.08 bits per heavy atom. The van der Waals surface area contributed by atoms with Gasteiger partial charge in [0.2, 0.25) is 0 Å². The number of anilines is 1. The van der Waals surface area contributed by atoms with Crippen LogP contribution in [0.25, 0.3) is 22.8 Å². The molecule has 4 rings (SSSR count). The summed E-state index contributed by atoms with van der Waals surface area (Å²) in [7, 11) is 0. The first kappa shape index (κ1) is 15.6. The van der Waals surface area contributed by atoms with Gasteiger partial charge in [0.15, 0.2) is 16.9 Å². The lowest BCUT2D eigenvalue weighted by molar-refractivity contribution is 0.628. The first-order chi connectivity index (χ1) is 12.3. The molecule has 0 saturated carbocycles. The van der Waals surface area contributed by atoms with Crippen LogP contribution in [-0.2, 0) is 0 Å². The number of hydrogen-bond donors (Lipinski definition) is 2. The van der Waals surface area contributed by atoms with Crippen LogP contribution in [0, 0.1) is 5.82 Å². The number of hydrogen-bond acceptors (Lipinski definition) is 7. The minimum Gasteiger partial charge on any atom is -0.356 e. The van der Waals surface area contributed by atoms with Crippen molar-refractivity contribution in [3.8, 4) is 22.8 Å². The van der Waals surface area contributed by atoms with E-state index in [1.807, 2.05) is 11.4 Å². The van der Waals surface area contributed by atoms with Gasteiger partial charge in [-0.3, -0.25) is 4.99 Å². The smallest absolute Gasteiger partial charge is 0.197 e. The molecule has 0 unspecified atom stereocenters. The van der Waals surface area contributed by atoms with Gasteiger partial charge in [0.25, 0.3) is 0 Å². The Kier molecular flexibility index (Phi) is 4.34. The van der Waals surface area contributed by atoms with E-state index in [2.05, 4.69) is 30.6 Å². The summed E-state index contributed by atoms with van der Waals surface area (Å²) < 4.78 is 13.1. The summed E-state index contributed by atoms with van der Waals surface area (Å²) in [5.41, 5.74) is 2.24. The van der Waals surface area contributed by atoms with Gasteiger partial charge in [-0.05, 0) is 36.8 Å². The fourth-order valence-corrected chi connectivity index (χ4v) is 3.11. The second kappa shape index (κ2) is 6.94. The normalized spacial score (nSPS) is 13.9. The van der Waals surface area contributed by atoms with E-state index in [-0.39, 0.29) is 5.82 Å². The van der Waals surface area contributed by atoms with E-state index < -0.39 is 0 Å². The van der Waals surface area contributed by atoms with Crippen LogP contribution in [0.1, 0.15) is 6.42 Å². The summed E-state index contributed by atoms with van der Waals surface area (Å²) in [5.74, 6) is 1.01. The molecule has 25 heavy (non-hydrogen) atoms. The molecule has 0 fully saturated rings. The van der Waals surface area contributed by atoms with Crippen LogP contribution < -0.4 is 10.6 Å². The standard InChI is InChI=1S/C17H15FN6S/c18-12-4-2-11(3-5-12)15-19-9-6-13(22-15)14-10-25-17(23-14)24-16-20-7-1-8-21-16/h2-6,9-10H,1,7-8H2,(H2,20,21,23,24). The van der Waals surface area contributed by atoms with Crippen LogP contribution in [0.15, 0.2) is 46.9 Å². The first-order valence-electron chi connectivity index (χ1n) is 7.88. The number of aromatic nitrogens is 3. The molecule has 0 spiro atoms. The van der Waals surface area contributed by atoms with Crippen LogP contribution in [0.5, 0.6) is 0 Å². The molecule has 0 aliphatic carbocycles. The highest BCUT2D eigenvalue weighted by atomic mass is 32.1. The molecule has 1 aromatic carbocycles. The third kappa shape index (κ3) is 3.63. The maximum atomic E-state index is 13.1. The average Bonchev–Trinajstić information content (AvgIpc) is 3.12. The Balaban J connectivity index is 1.57. The Morgan fingerprint density at radius 2 is 1.96 bits per heavy atom. The molecule has 3 aromatic rings. The molecule has 2 aromatic heterocycles. The molecule has 8 heteroatoms. The van der Waals surface area contributed by atoms with Crippen molar-refractivity contribution >= 4 is 22.4 Å². The maximum Gasteiger partial charge on any atom is 0.197 e. The van der Waals surface area contributed by atoms with Crippen molar-refractivity contribution in [1.82, 2.24) is 20.3 Å². The van der Waals surface area contributed by atoms with Crippen LogP contribution >= 0.6 is 11.3 Å². The lowest BCUT2D eigenvalue weighted by Crippen LogP contribution is -2.35. The number of halogens is 1. The molecule has 0 saturated heterocycles. The number of guanidine groups is 1. The number of nitrogens with zero attached hydrogens (tertiary/aromatic N) is 4. The van der Waals surface area contributed by atoms with Crippen molar-refractivity contribution < 1.29 is 4.39 Å². The zero-order valence-electron chi connectivity index (χ0n) is 13.2. The van der Waals surface area contributed by atoms with Crippen LogP contribution in [0.3, 0.4) is 0 Å². The molecule has 1 aliphatic heterocycles. The summed E-state index contributed by atoms with van der Waals surface area (Å²) in [4.78, 5) is 17.7. The van der Waals surface area contributed by atoms with Crippen LogP contribution in [-0.4, -0.2) is 34.0 Å². The van der Waals surface area contributed by atoms with Gasteiger partial charge in [-0.25, -0.2) is 19.3 Å². The average molecular weight is 354 g/mol. The topological polar surface area (TPSA) is 75.1 Å². The third-order valence-corrected chi connectivity index (χ3v) is 4.40. The number of benzene rings is 1. The quantitative estimate of drug-likeness (QED) is 0.756. The van der Waals surface area contributed by atoms with Crippen LogP contribution in [0.4, 0.5) is 9.52 Å². The number of thiazole rings is 1. The molecule has 0 amide bonds. The van der Waals surface area contributed by atoms with E-state index >= 15 is 0 Å². The largest absolute Gasteiger partial charge is 0.356 e. The molecule has 6 nitrogen and oxygen atoms in total. The second-order valence-electron chi connectivity index (χ2n) is 5.45. The molecular formula is C17H15FN6S. The fourth-order valence-electron chi connectivity index (χ4n) is 2.41. The van der Waals surface area contributed by atoms with Gasteiger partial charge in [-0.15, -0.1) is 11.3 Å². The van der Waals surface area contributed by atoms with Gasteiger partial charge in [-0.1, -0.05) is 0 Å². The summed E-state index contributed by atoms with van der Waals surface area (Å²) in [6, 6.07) is 7.93. The Morgan fingerprint density at radius 3 is 2.76 bits per heavy atom. The van der Waals surface area contributed by atoms with Gasteiger partial charge in [0.1, 0.15) is 11.5 Å². The van der Waals surface area contributed by atoms with Gasteiger partial charge in [0, 0.05) is 30.2 Å². The molecule has 0 atom stereocenters. The molecule has 0 bridgehead atoms. The zero-order chi connectivity index (χ0) is 17.1. The van der Waals surface area contributed by atoms with Crippen molar-refractivity contribution in [2.24, 2.45) is 4.99 Å². The van der Waals surface area contributed by atoms with Gasteiger partial charge in [0.05, 0.1) is 5.69 Å². The predicted molar refractivity (Wildman–Crippen MR) is 97.1 cm³/mol. The van der Waals surface area contributed by atoms with E-state index in [4.69, 9.17) is 0 Å². The molecule has 3 heterocycles. The monoisotopic (exact) mass is 354 g/mol. The molecule has 126 valence electrons. The first-order valence-corrected chi connectivity index (χ1v) is 8.76. The highest BCUT2D eigenvalue weighted by Gasteiger charge is 2.11. The number of rotatable bonds is 3. The van der Waals surface area contributed by atoms with E-state index in [1.54, 1.807) is 18.3 Å². The third-order valence-electron chi connectivity index (χ3n) is 3.65. The minimum absolute atomic E-state index is 0.283. The summed E-state index contributed by atoms with van der Waals surface area (Å²) in [6.45, 7) is 1.73. The molecule has 0 radical (unpaired) electrons. The minimum atomic E-state index is -0.283. The van der Waals surface area contributed by atoms with E-state index in [0.717, 1.165) is 47.6 Å². The van der Waals surface area contributed by atoms with Crippen molar-refractivity contribution in [2.45, 2.75) is 6.42 Å². The number of aliphatic imine (C=N–C) groups is 1. The van der Waals surface area contributed by atoms with E-state index in [1.165, 1.54) is 23.5 Å². The molecular weight excluding hydrogens is 339 g/mol. The van der Waals surface area contributed by atoms with Crippen molar-refractivity contribution in [3.63, 3.8) is 0 Å². The van der Waals surface area contributed by atoms with E-state index in [0.29, 0.717) is 5.82 Å². The molecule has 2 N–H and O–H groups in total. The summed E-state index contributed by atoms with van der Waals surface area (Å²) in [6.07, 6.45) is 2.72. The zero-order valence-corrected chi connectivity index (χ0v) is 14.1. The Bertz CT molecular complexity index is 906. The van der Waals surface area contributed by atoms with Gasteiger partial charge in [-0.2, -0.15) is 0 Å². The Hall–Kier alpha value is -2.87.